The van der Waals surface area contributed by atoms with Crippen molar-refractivity contribution in [3.63, 3.8) is 0 Å². The number of fused-ring (bicyclic) bond motifs is 1. The number of nitrogens with zero attached hydrogens (tertiary/aromatic N) is 1. The SMILES string of the molecule is C=C(C)COc1ccc(C2Nc3ccccc3C(=O)N2CCC)cc1OC. The topological polar surface area (TPSA) is 50.8 Å². The van der Waals surface area contributed by atoms with Gasteiger partial charge in [-0.3, -0.25) is 4.79 Å². The molecule has 2 aromatic rings. The molecule has 142 valence electrons. The molecular formula is C22H26N2O3. The van der Waals surface area contributed by atoms with E-state index in [2.05, 4.69) is 18.8 Å². The molecule has 2 aromatic carbocycles. The minimum absolute atomic E-state index is 0.0396. The number of anilines is 1. The molecule has 1 atom stereocenters. The molecule has 1 unspecified atom stereocenters. The van der Waals surface area contributed by atoms with Crippen molar-refractivity contribution in [2.45, 2.75) is 26.4 Å². The van der Waals surface area contributed by atoms with Gasteiger partial charge in [-0.1, -0.05) is 31.7 Å². The van der Waals surface area contributed by atoms with Gasteiger partial charge in [-0.25, -0.2) is 0 Å². The van der Waals surface area contributed by atoms with Gasteiger partial charge in [-0.15, -0.1) is 0 Å². The van der Waals surface area contributed by atoms with Crippen LogP contribution in [-0.4, -0.2) is 31.1 Å². The van der Waals surface area contributed by atoms with E-state index in [1.165, 1.54) is 0 Å². The van der Waals surface area contributed by atoms with Crippen LogP contribution in [0.4, 0.5) is 5.69 Å². The first kappa shape index (κ1) is 18.8. The second-order valence-corrected chi connectivity index (χ2v) is 6.75. The van der Waals surface area contributed by atoms with E-state index in [0.717, 1.165) is 23.2 Å². The van der Waals surface area contributed by atoms with Gasteiger partial charge in [0.25, 0.3) is 5.91 Å². The van der Waals surface area contributed by atoms with Gasteiger partial charge in [-0.05, 0) is 48.7 Å². The number of rotatable bonds is 7. The normalized spacial score (nSPS) is 15.7. The largest absolute Gasteiger partial charge is 0.493 e. The molecule has 5 heteroatoms. The van der Waals surface area contributed by atoms with E-state index in [9.17, 15) is 4.79 Å². The molecular weight excluding hydrogens is 340 g/mol. The van der Waals surface area contributed by atoms with Crippen LogP contribution in [0.15, 0.2) is 54.6 Å². The minimum Gasteiger partial charge on any atom is -0.493 e. The van der Waals surface area contributed by atoms with Gasteiger partial charge in [0.2, 0.25) is 0 Å². The number of benzene rings is 2. The number of methoxy groups -OCH3 is 1. The Hall–Kier alpha value is -2.95. The van der Waals surface area contributed by atoms with Crippen molar-refractivity contribution >= 4 is 11.6 Å². The lowest BCUT2D eigenvalue weighted by Gasteiger charge is -2.38. The summed E-state index contributed by atoms with van der Waals surface area (Å²) in [5.74, 6) is 1.34. The van der Waals surface area contributed by atoms with Crippen LogP contribution < -0.4 is 14.8 Å². The number of amides is 1. The molecule has 0 aliphatic carbocycles. The maximum absolute atomic E-state index is 13.0. The minimum atomic E-state index is -0.253. The Morgan fingerprint density at radius 3 is 2.70 bits per heavy atom. The molecule has 1 N–H and O–H groups in total. The number of carbonyl (C=O) groups excluding carboxylic acids is 1. The summed E-state index contributed by atoms with van der Waals surface area (Å²) in [6, 6.07) is 13.4. The first-order valence-corrected chi connectivity index (χ1v) is 9.16. The number of hydrogen-bond acceptors (Lipinski definition) is 4. The highest BCUT2D eigenvalue weighted by molar-refractivity contribution is 6.01. The number of nitrogens with one attached hydrogen (secondary N) is 1. The summed E-state index contributed by atoms with van der Waals surface area (Å²) in [4.78, 5) is 14.9. The third kappa shape index (κ3) is 3.92. The highest BCUT2D eigenvalue weighted by Gasteiger charge is 2.32. The predicted octanol–water partition coefficient (Wildman–Crippen LogP) is 4.63. The van der Waals surface area contributed by atoms with Crippen LogP contribution in [-0.2, 0) is 0 Å². The molecule has 1 aliphatic rings. The van der Waals surface area contributed by atoms with Gasteiger partial charge < -0.3 is 19.7 Å². The van der Waals surface area contributed by atoms with Crippen LogP contribution in [0, 0.1) is 0 Å². The van der Waals surface area contributed by atoms with E-state index in [-0.39, 0.29) is 12.1 Å². The van der Waals surface area contributed by atoms with E-state index < -0.39 is 0 Å². The summed E-state index contributed by atoms with van der Waals surface area (Å²) < 4.78 is 11.3. The van der Waals surface area contributed by atoms with Gasteiger partial charge >= 0.3 is 0 Å². The summed E-state index contributed by atoms with van der Waals surface area (Å²) in [5, 5.41) is 3.49. The fourth-order valence-electron chi connectivity index (χ4n) is 3.20. The molecule has 0 aromatic heterocycles. The summed E-state index contributed by atoms with van der Waals surface area (Å²) in [6.45, 7) is 8.94. The lowest BCUT2D eigenvalue weighted by Crippen LogP contribution is -2.43. The van der Waals surface area contributed by atoms with Crippen molar-refractivity contribution < 1.29 is 14.3 Å². The third-order valence-electron chi connectivity index (χ3n) is 4.46. The van der Waals surface area contributed by atoms with Gasteiger partial charge in [0.15, 0.2) is 11.5 Å². The summed E-state index contributed by atoms with van der Waals surface area (Å²) >= 11 is 0. The third-order valence-corrected chi connectivity index (χ3v) is 4.46. The Labute approximate surface area is 160 Å². The quantitative estimate of drug-likeness (QED) is 0.726. The number of hydrogen-bond donors (Lipinski definition) is 1. The second-order valence-electron chi connectivity index (χ2n) is 6.75. The van der Waals surface area contributed by atoms with E-state index in [1.807, 2.05) is 54.3 Å². The van der Waals surface area contributed by atoms with Crippen LogP contribution in [0.25, 0.3) is 0 Å². The molecule has 1 heterocycles. The Morgan fingerprint density at radius 1 is 1.22 bits per heavy atom. The number of ether oxygens (including phenoxy) is 2. The molecule has 0 spiro atoms. The maximum Gasteiger partial charge on any atom is 0.257 e. The van der Waals surface area contributed by atoms with E-state index in [4.69, 9.17) is 9.47 Å². The van der Waals surface area contributed by atoms with Crippen molar-refractivity contribution in [2.24, 2.45) is 0 Å². The maximum atomic E-state index is 13.0. The zero-order chi connectivity index (χ0) is 19.4. The Kier molecular flexibility index (Phi) is 5.69. The standard InChI is InChI=1S/C22H26N2O3/c1-5-12-24-21(23-18-9-7-6-8-17(18)22(24)25)16-10-11-19(20(13-16)26-4)27-14-15(2)3/h6-11,13,21,23H,2,5,12,14H2,1,3-4H3. The molecule has 5 nitrogen and oxygen atoms in total. The zero-order valence-corrected chi connectivity index (χ0v) is 16.1. The first-order chi connectivity index (χ1) is 13.0. The van der Waals surface area contributed by atoms with Crippen LogP contribution >= 0.6 is 0 Å². The highest BCUT2D eigenvalue weighted by atomic mass is 16.5. The van der Waals surface area contributed by atoms with Crippen molar-refractivity contribution in [3.05, 3.63) is 65.7 Å². The molecule has 27 heavy (non-hydrogen) atoms. The fraction of sp³-hybridized carbons (Fsp3) is 0.318. The zero-order valence-electron chi connectivity index (χ0n) is 16.1. The summed E-state index contributed by atoms with van der Waals surface area (Å²) in [5.41, 5.74) is 3.44. The van der Waals surface area contributed by atoms with Crippen LogP contribution in [0.3, 0.4) is 0 Å². The molecule has 3 rings (SSSR count). The van der Waals surface area contributed by atoms with E-state index in [0.29, 0.717) is 30.2 Å². The molecule has 0 saturated carbocycles. The van der Waals surface area contributed by atoms with Gasteiger partial charge in [0.05, 0.1) is 12.7 Å². The molecule has 1 aliphatic heterocycles. The average molecular weight is 366 g/mol. The monoisotopic (exact) mass is 366 g/mol. The molecule has 1 amide bonds. The fourth-order valence-corrected chi connectivity index (χ4v) is 3.20. The average Bonchev–Trinajstić information content (AvgIpc) is 2.68. The molecule has 0 bridgehead atoms. The van der Waals surface area contributed by atoms with Crippen molar-refractivity contribution in [1.29, 1.82) is 0 Å². The van der Waals surface area contributed by atoms with Crippen LogP contribution in [0.5, 0.6) is 11.5 Å². The van der Waals surface area contributed by atoms with E-state index >= 15 is 0 Å². The van der Waals surface area contributed by atoms with Crippen molar-refractivity contribution in [2.75, 3.05) is 25.6 Å². The molecule has 0 saturated heterocycles. The van der Waals surface area contributed by atoms with Crippen LogP contribution in [0.1, 0.15) is 42.4 Å². The first-order valence-electron chi connectivity index (χ1n) is 9.16. The van der Waals surface area contributed by atoms with Crippen LogP contribution in [0.2, 0.25) is 0 Å². The molecule has 0 fully saturated rings. The van der Waals surface area contributed by atoms with Crippen molar-refractivity contribution in [1.82, 2.24) is 4.90 Å². The van der Waals surface area contributed by atoms with Gasteiger partial charge in [0, 0.05) is 12.2 Å². The number of para-hydroxylation sites is 1. The molecule has 0 radical (unpaired) electrons. The van der Waals surface area contributed by atoms with E-state index in [1.54, 1.807) is 7.11 Å². The van der Waals surface area contributed by atoms with Gasteiger partial charge in [0.1, 0.15) is 12.8 Å². The Morgan fingerprint density at radius 2 is 2.00 bits per heavy atom. The highest BCUT2D eigenvalue weighted by Crippen LogP contribution is 2.37. The Balaban J connectivity index is 1.95. The lowest BCUT2D eigenvalue weighted by molar-refractivity contribution is 0.0683. The second kappa shape index (κ2) is 8.16. The predicted molar refractivity (Wildman–Crippen MR) is 107 cm³/mol. The van der Waals surface area contributed by atoms with Crippen molar-refractivity contribution in [3.8, 4) is 11.5 Å². The lowest BCUT2D eigenvalue weighted by atomic mass is 10.0. The van der Waals surface area contributed by atoms with Gasteiger partial charge in [-0.2, -0.15) is 0 Å². The summed E-state index contributed by atoms with van der Waals surface area (Å²) in [6.07, 6.45) is 0.625. The number of carbonyl (C=O) groups is 1. The Bertz CT molecular complexity index is 847. The smallest absolute Gasteiger partial charge is 0.257 e. The summed E-state index contributed by atoms with van der Waals surface area (Å²) in [7, 11) is 1.62.